The molecule has 2 aromatic rings. The number of aryl methyl sites for hydroxylation is 1. The SMILES string of the molecule is NC(=S)c1ccc(S(=O)(=O)NCCCn2cccn2)cn1. The van der Waals surface area contributed by atoms with E-state index in [0.717, 1.165) is 0 Å². The summed E-state index contributed by atoms with van der Waals surface area (Å²) < 4.78 is 28.3. The smallest absolute Gasteiger partial charge is 0.242 e. The van der Waals surface area contributed by atoms with E-state index in [9.17, 15) is 8.42 Å². The van der Waals surface area contributed by atoms with E-state index in [2.05, 4.69) is 14.8 Å². The minimum Gasteiger partial charge on any atom is -0.388 e. The molecule has 2 aromatic heterocycles. The topological polar surface area (TPSA) is 103 Å². The Bertz CT molecular complexity index is 696. The lowest BCUT2D eigenvalue weighted by Crippen LogP contribution is -2.26. The third-order valence-electron chi connectivity index (χ3n) is 2.71. The minimum atomic E-state index is -3.57. The van der Waals surface area contributed by atoms with Gasteiger partial charge < -0.3 is 5.73 Å². The van der Waals surface area contributed by atoms with Crippen molar-refractivity contribution in [1.82, 2.24) is 19.5 Å². The van der Waals surface area contributed by atoms with Crippen LogP contribution in [-0.2, 0) is 16.6 Å². The summed E-state index contributed by atoms with van der Waals surface area (Å²) in [5, 5.41) is 4.04. The molecule has 0 aliphatic rings. The Morgan fingerprint density at radius 2 is 2.24 bits per heavy atom. The van der Waals surface area contributed by atoms with Crippen LogP contribution in [0.2, 0.25) is 0 Å². The van der Waals surface area contributed by atoms with E-state index in [0.29, 0.717) is 25.2 Å². The van der Waals surface area contributed by atoms with E-state index < -0.39 is 10.0 Å². The van der Waals surface area contributed by atoms with Gasteiger partial charge in [-0.2, -0.15) is 5.10 Å². The number of nitrogens with zero attached hydrogens (tertiary/aromatic N) is 3. The largest absolute Gasteiger partial charge is 0.388 e. The number of aromatic nitrogens is 3. The zero-order valence-corrected chi connectivity index (χ0v) is 12.8. The lowest BCUT2D eigenvalue weighted by Gasteiger charge is -2.07. The Balaban J connectivity index is 1.90. The number of pyridine rings is 1. The Labute approximate surface area is 128 Å². The molecule has 0 amide bonds. The van der Waals surface area contributed by atoms with E-state index in [1.54, 1.807) is 10.9 Å². The first-order chi connectivity index (χ1) is 9.99. The Morgan fingerprint density at radius 3 is 2.81 bits per heavy atom. The maximum Gasteiger partial charge on any atom is 0.242 e. The standard InChI is InChI=1S/C12H15N5O2S2/c13-12(20)11-4-3-10(9-14-11)21(18,19)16-6-2-8-17-7-1-5-15-17/h1,3-5,7,9,16H,2,6,8H2,(H2,13,20). The highest BCUT2D eigenvalue weighted by atomic mass is 32.2. The van der Waals surface area contributed by atoms with Crippen LogP contribution < -0.4 is 10.5 Å². The molecule has 0 saturated heterocycles. The average Bonchev–Trinajstić information content (AvgIpc) is 2.97. The number of hydrogen-bond acceptors (Lipinski definition) is 5. The molecule has 0 bridgehead atoms. The highest BCUT2D eigenvalue weighted by Gasteiger charge is 2.14. The van der Waals surface area contributed by atoms with Gasteiger partial charge in [0, 0.05) is 31.7 Å². The van der Waals surface area contributed by atoms with Crippen molar-refractivity contribution in [3.63, 3.8) is 0 Å². The summed E-state index contributed by atoms with van der Waals surface area (Å²) in [6, 6.07) is 4.73. The molecule has 0 radical (unpaired) electrons. The first-order valence-electron chi connectivity index (χ1n) is 6.22. The summed E-state index contributed by atoms with van der Waals surface area (Å²) in [6.07, 6.45) is 5.38. The molecule has 0 aliphatic heterocycles. The van der Waals surface area contributed by atoms with Gasteiger partial charge in [-0.3, -0.25) is 9.67 Å². The molecular weight excluding hydrogens is 310 g/mol. The van der Waals surface area contributed by atoms with Gasteiger partial charge in [-0.15, -0.1) is 0 Å². The quantitative estimate of drug-likeness (QED) is 0.560. The molecule has 0 unspecified atom stereocenters. The number of sulfonamides is 1. The third kappa shape index (κ3) is 4.31. The second-order valence-corrected chi connectivity index (χ2v) is 6.47. The first kappa shape index (κ1) is 15.5. The molecule has 0 atom stereocenters. The van der Waals surface area contributed by atoms with Crippen LogP contribution in [0, 0.1) is 0 Å². The number of thiocarbonyl (C=S) groups is 1. The van der Waals surface area contributed by atoms with Gasteiger partial charge in [-0.25, -0.2) is 13.1 Å². The normalized spacial score (nSPS) is 11.4. The van der Waals surface area contributed by atoms with Gasteiger partial charge in [0.15, 0.2) is 0 Å². The monoisotopic (exact) mass is 325 g/mol. The minimum absolute atomic E-state index is 0.0848. The van der Waals surface area contributed by atoms with Crippen LogP contribution in [-0.4, -0.2) is 34.7 Å². The first-order valence-corrected chi connectivity index (χ1v) is 8.11. The van der Waals surface area contributed by atoms with Crippen LogP contribution in [0.1, 0.15) is 12.1 Å². The molecule has 0 fully saturated rings. The van der Waals surface area contributed by atoms with Crippen molar-refractivity contribution in [2.24, 2.45) is 5.73 Å². The zero-order valence-electron chi connectivity index (χ0n) is 11.1. The molecule has 2 heterocycles. The maximum atomic E-state index is 12.0. The fourth-order valence-electron chi connectivity index (χ4n) is 1.65. The number of nitrogens with one attached hydrogen (secondary N) is 1. The number of rotatable bonds is 7. The van der Waals surface area contributed by atoms with Crippen LogP contribution in [0.25, 0.3) is 0 Å². The van der Waals surface area contributed by atoms with Crippen LogP contribution in [0.15, 0.2) is 41.7 Å². The summed E-state index contributed by atoms with van der Waals surface area (Å²) in [7, 11) is -3.57. The second kappa shape index (κ2) is 6.74. The van der Waals surface area contributed by atoms with Crippen LogP contribution in [0.5, 0.6) is 0 Å². The Kier molecular flexibility index (Phi) is 4.99. The highest BCUT2D eigenvalue weighted by Crippen LogP contribution is 2.07. The summed E-state index contributed by atoms with van der Waals surface area (Å²) in [6.45, 7) is 0.966. The molecule has 21 heavy (non-hydrogen) atoms. The fraction of sp³-hybridized carbons (Fsp3) is 0.250. The highest BCUT2D eigenvalue weighted by molar-refractivity contribution is 7.89. The van der Waals surface area contributed by atoms with E-state index in [-0.39, 0.29) is 9.88 Å². The van der Waals surface area contributed by atoms with Crippen molar-refractivity contribution >= 4 is 27.2 Å². The molecule has 0 aromatic carbocycles. The van der Waals surface area contributed by atoms with Gasteiger partial charge in [0.1, 0.15) is 9.88 Å². The third-order valence-corrected chi connectivity index (χ3v) is 4.37. The lowest BCUT2D eigenvalue weighted by molar-refractivity contribution is 0.552. The van der Waals surface area contributed by atoms with E-state index in [1.165, 1.54) is 18.3 Å². The maximum absolute atomic E-state index is 12.0. The molecule has 9 heteroatoms. The van der Waals surface area contributed by atoms with Crippen LogP contribution in [0.3, 0.4) is 0 Å². The summed E-state index contributed by atoms with van der Waals surface area (Å²) in [4.78, 5) is 4.13. The molecule has 0 spiro atoms. The summed E-state index contributed by atoms with van der Waals surface area (Å²) in [5.41, 5.74) is 5.80. The molecule has 2 rings (SSSR count). The zero-order chi connectivity index (χ0) is 15.3. The molecule has 3 N–H and O–H groups in total. The van der Waals surface area contributed by atoms with Crippen molar-refractivity contribution in [2.45, 2.75) is 17.9 Å². The van der Waals surface area contributed by atoms with E-state index in [1.807, 2.05) is 12.3 Å². The van der Waals surface area contributed by atoms with Gasteiger partial charge in [0.25, 0.3) is 0 Å². The predicted octanol–water partition coefficient (Wildman–Crippen LogP) is 0.281. The van der Waals surface area contributed by atoms with Gasteiger partial charge in [-0.05, 0) is 24.6 Å². The Hall–Kier alpha value is -1.84. The van der Waals surface area contributed by atoms with Crippen molar-refractivity contribution in [1.29, 1.82) is 0 Å². The van der Waals surface area contributed by atoms with Gasteiger partial charge in [0.2, 0.25) is 10.0 Å². The summed E-state index contributed by atoms with van der Waals surface area (Å²) in [5.74, 6) is 0. The van der Waals surface area contributed by atoms with E-state index >= 15 is 0 Å². The van der Waals surface area contributed by atoms with Gasteiger partial charge in [0.05, 0.1) is 5.69 Å². The molecular formula is C12H15N5O2S2. The number of hydrogen-bond donors (Lipinski definition) is 2. The van der Waals surface area contributed by atoms with Crippen molar-refractivity contribution in [3.8, 4) is 0 Å². The van der Waals surface area contributed by atoms with Gasteiger partial charge in [-0.1, -0.05) is 12.2 Å². The van der Waals surface area contributed by atoms with Crippen LogP contribution in [0.4, 0.5) is 0 Å². The fourth-order valence-corrected chi connectivity index (χ4v) is 2.79. The molecule has 0 aliphatic carbocycles. The lowest BCUT2D eigenvalue weighted by atomic mass is 10.3. The van der Waals surface area contributed by atoms with Crippen molar-refractivity contribution < 1.29 is 8.42 Å². The van der Waals surface area contributed by atoms with Crippen LogP contribution >= 0.6 is 12.2 Å². The Morgan fingerprint density at radius 1 is 1.43 bits per heavy atom. The molecule has 112 valence electrons. The predicted molar refractivity (Wildman–Crippen MR) is 82.2 cm³/mol. The van der Waals surface area contributed by atoms with Crippen molar-refractivity contribution in [2.75, 3.05) is 6.54 Å². The second-order valence-electron chi connectivity index (χ2n) is 4.26. The van der Waals surface area contributed by atoms with Crippen molar-refractivity contribution in [3.05, 3.63) is 42.5 Å². The molecule has 7 nitrogen and oxygen atoms in total. The average molecular weight is 325 g/mol. The molecule has 0 saturated carbocycles. The number of nitrogens with two attached hydrogens (primary N) is 1. The van der Waals surface area contributed by atoms with Gasteiger partial charge >= 0.3 is 0 Å². The van der Waals surface area contributed by atoms with E-state index in [4.69, 9.17) is 18.0 Å². The summed E-state index contributed by atoms with van der Waals surface area (Å²) >= 11 is 4.77.